The van der Waals surface area contributed by atoms with Gasteiger partial charge in [-0.3, -0.25) is 0 Å². The van der Waals surface area contributed by atoms with E-state index in [4.69, 9.17) is 10.5 Å². The van der Waals surface area contributed by atoms with Crippen molar-refractivity contribution in [3.8, 4) is 5.75 Å². The van der Waals surface area contributed by atoms with Gasteiger partial charge in [0.25, 0.3) is 0 Å². The van der Waals surface area contributed by atoms with Crippen LogP contribution in [0.25, 0.3) is 0 Å². The third-order valence-corrected chi connectivity index (χ3v) is 3.26. The molecule has 0 heterocycles. The van der Waals surface area contributed by atoms with E-state index in [1.165, 1.54) is 6.42 Å². The van der Waals surface area contributed by atoms with Crippen LogP contribution in [-0.4, -0.2) is 12.1 Å². The standard InChI is InChI=1S/C12H16BrNO/c13-9-3-1-5-11(7-9)15-12-6-2-4-10(14)8-12/h1,3,5,7,10,12H,2,4,6,8,14H2. The normalized spacial score (nSPS) is 26.3. The molecule has 1 aliphatic carbocycles. The number of hydrogen-bond donors (Lipinski definition) is 1. The Morgan fingerprint density at radius 2 is 2.20 bits per heavy atom. The first-order valence-corrected chi connectivity index (χ1v) is 6.21. The fourth-order valence-electron chi connectivity index (χ4n) is 2.02. The molecule has 1 fully saturated rings. The summed E-state index contributed by atoms with van der Waals surface area (Å²) >= 11 is 3.43. The zero-order valence-corrected chi connectivity index (χ0v) is 10.2. The zero-order valence-electron chi connectivity index (χ0n) is 8.66. The molecule has 15 heavy (non-hydrogen) atoms. The molecule has 1 aromatic rings. The summed E-state index contributed by atoms with van der Waals surface area (Å²) in [7, 11) is 0. The molecule has 2 rings (SSSR count). The van der Waals surface area contributed by atoms with Gasteiger partial charge >= 0.3 is 0 Å². The lowest BCUT2D eigenvalue weighted by atomic mass is 9.93. The van der Waals surface area contributed by atoms with E-state index in [0.29, 0.717) is 12.1 Å². The summed E-state index contributed by atoms with van der Waals surface area (Å²) in [6.07, 6.45) is 4.72. The fraction of sp³-hybridized carbons (Fsp3) is 0.500. The van der Waals surface area contributed by atoms with E-state index in [1.54, 1.807) is 0 Å². The molecule has 2 atom stereocenters. The second-order valence-electron chi connectivity index (χ2n) is 4.12. The van der Waals surface area contributed by atoms with Crippen LogP contribution in [-0.2, 0) is 0 Å². The minimum atomic E-state index is 0.294. The van der Waals surface area contributed by atoms with Crippen molar-refractivity contribution in [1.29, 1.82) is 0 Å². The second-order valence-corrected chi connectivity index (χ2v) is 5.04. The maximum Gasteiger partial charge on any atom is 0.120 e. The van der Waals surface area contributed by atoms with Gasteiger partial charge in [0.2, 0.25) is 0 Å². The van der Waals surface area contributed by atoms with Crippen molar-refractivity contribution in [2.45, 2.75) is 37.8 Å². The van der Waals surface area contributed by atoms with Crippen molar-refractivity contribution in [2.24, 2.45) is 5.73 Å². The van der Waals surface area contributed by atoms with Gasteiger partial charge in [-0.05, 0) is 43.9 Å². The molecule has 3 heteroatoms. The Balaban J connectivity index is 1.96. The maximum atomic E-state index is 5.92. The summed E-state index contributed by atoms with van der Waals surface area (Å²) in [5, 5.41) is 0. The van der Waals surface area contributed by atoms with Crippen LogP contribution in [0.3, 0.4) is 0 Å². The van der Waals surface area contributed by atoms with E-state index in [-0.39, 0.29) is 0 Å². The van der Waals surface area contributed by atoms with Crippen LogP contribution in [0.15, 0.2) is 28.7 Å². The second kappa shape index (κ2) is 4.99. The van der Waals surface area contributed by atoms with Gasteiger partial charge in [-0.1, -0.05) is 22.0 Å². The predicted molar refractivity (Wildman–Crippen MR) is 65.0 cm³/mol. The molecule has 82 valence electrons. The van der Waals surface area contributed by atoms with Gasteiger partial charge in [-0.15, -0.1) is 0 Å². The molecule has 0 aliphatic heterocycles. The Labute approximate surface area is 98.9 Å². The van der Waals surface area contributed by atoms with E-state index in [1.807, 2.05) is 24.3 Å². The minimum absolute atomic E-state index is 0.294. The average Bonchev–Trinajstić information content (AvgIpc) is 2.17. The average molecular weight is 270 g/mol. The smallest absolute Gasteiger partial charge is 0.120 e. The highest BCUT2D eigenvalue weighted by Gasteiger charge is 2.20. The minimum Gasteiger partial charge on any atom is -0.490 e. The first kappa shape index (κ1) is 11.0. The summed E-state index contributed by atoms with van der Waals surface area (Å²) in [6.45, 7) is 0. The van der Waals surface area contributed by atoms with Gasteiger partial charge in [0.1, 0.15) is 11.9 Å². The molecule has 0 spiro atoms. The molecule has 2 unspecified atom stereocenters. The van der Waals surface area contributed by atoms with Crippen molar-refractivity contribution in [2.75, 3.05) is 0 Å². The van der Waals surface area contributed by atoms with Crippen molar-refractivity contribution in [3.05, 3.63) is 28.7 Å². The molecule has 2 N–H and O–H groups in total. The highest BCUT2D eigenvalue weighted by molar-refractivity contribution is 9.10. The van der Waals surface area contributed by atoms with Crippen LogP contribution in [0.1, 0.15) is 25.7 Å². The molecule has 2 nitrogen and oxygen atoms in total. The lowest BCUT2D eigenvalue weighted by Gasteiger charge is -2.27. The van der Waals surface area contributed by atoms with E-state index in [9.17, 15) is 0 Å². The third-order valence-electron chi connectivity index (χ3n) is 2.77. The Kier molecular flexibility index (Phi) is 3.65. The van der Waals surface area contributed by atoms with Crippen LogP contribution in [0.4, 0.5) is 0 Å². The van der Waals surface area contributed by atoms with Crippen LogP contribution >= 0.6 is 15.9 Å². The number of nitrogens with two attached hydrogens (primary N) is 1. The highest BCUT2D eigenvalue weighted by atomic mass is 79.9. The molecule has 1 aromatic carbocycles. The first-order chi connectivity index (χ1) is 7.24. The molecule has 0 aromatic heterocycles. The summed E-state index contributed by atoms with van der Waals surface area (Å²) in [4.78, 5) is 0. The van der Waals surface area contributed by atoms with Crippen molar-refractivity contribution >= 4 is 15.9 Å². The topological polar surface area (TPSA) is 35.2 Å². The van der Waals surface area contributed by atoms with Gasteiger partial charge in [0.15, 0.2) is 0 Å². The van der Waals surface area contributed by atoms with Crippen LogP contribution in [0.2, 0.25) is 0 Å². The predicted octanol–water partition coefficient (Wildman–Crippen LogP) is 3.10. The van der Waals surface area contributed by atoms with Crippen LogP contribution in [0.5, 0.6) is 5.75 Å². The molecular formula is C12H16BrNO. The van der Waals surface area contributed by atoms with Gasteiger partial charge < -0.3 is 10.5 Å². The zero-order chi connectivity index (χ0) is 10.7. The van der Waals surface area contributed by atoms with Crippen molar-refractivity contribution in [3.63, 3.8) is 0 Å². The van der Waals surface area contributed by atoms with E-state index < -0.39 is 0 Å². The number of rotatable bonds is 2. The lowest BCUT2D eigenvalue weighted by Crippen LogP contribution is -2.33. The third kappa shape index (κ3) is 3.21. The summed E-state index contributed by atoms with van der Waals surface area (Å²) in [6, 6.07) is 8.29. The molecule has 0 saturated heterocycles. The number of halogens is 1. The molecule has 0 amide bonds. The number of hydrogen-bond acceptors (Lipinski definition) is 2. The summed E-state index contributed by atoms with van der Waals surface area (Å²) in [5.74, 6) is 0.934. The highest BCUT2D eigenvalue weighted by Crippen LogP contribution is 2.24. The molecule has 0 bridgehead atoms. The fourth-order valence-corrected chi connectivity index (χ4v) is 2.40. The Morgan fingerprint density at radius 3 is 2.93 bits per heavy atom. The molecule has 1 saturated carbocycles. The van der Waals surface area contributed by atoms with Crippen LogP contribution < -0.4 is 10.5 Å². The summed E-state index contributed by atoms with van der Waals surface area (Å²) < 4.78 is 6.95. The lowest BCUT2D eigenvalue weighted by molar-refractivity contribution is 0.144. The SMILES string of the molecule is NC1CCCC(Oc2cccc(Br)c2)C1. The monoisotopic (exact) mass is 269 g/mol. The summed E-state index contributed by atoms with van der Waals surface area (Å²) in [5.41, 5.74) is 5.92. The molecule has 1 aliphatic rings. The first-order valence-electron chi connectivity index (χ1n) is 5.42. The Hall–Kier alpha value is -0.540. The largest absolute Gasteiger partial charge is 0.490 e. The van der Waals surface area contributed by atoms with Crippen molar-refractivity contribution < 1.29 is 4.74 Å². The van der Waals surface area contributed by atoms with Gasteiger partial charge in [0, 0.05) is 10.5 Å². The molecular weight excluding hydrogens is 254 g/mol. The molecule has 0 radical (unpaired) electrons. The quantitative estimate of drug-likeness (QED) is 0.896. The van der Waals surface area contributed by atoms with Gasteiger partial charge in [-0.2, -0.15) is 0 Å². The van der Waals surface area contributed by atoms with E-state index in [2.05, 4.69) is 15.9 Å². The maximum absolute atomic E-state index is 5.92. The van der Waals surface area contributed by atoms with Crippen molar-refractivity contribution in [1.82, 2.24) is 0 Å². The van der Waals surface area contributed by atoms with Crippen LogP contribution in [0, 0.1) is 0 Å². The van der Waals surface area contributed by atoms with E-state index in [0.717, 1.165) is 29.5 Å². The van der Waals surface area contributed by atoms with Gasteiger partial charge in [0.05, 0.1) is 0 Å². The Bertz CT molecular complexity index is 329. The van der Waals surface area contributed by atoms with Gasteiger partial charge in [-0.25, -0.2) is 0 Å². The Morgan fingerprint density at radius 1 is 1.33 bits per heavy atom. The number of benzene rings is 1. The van der Waals surface area contributed by atoms with E-state index >= 15 is 0 Å². The number of ether oxygens (including phenoxy) is 1.